The third-order valence-corrected chi connectivity index (χ3v) is 4.29. The molecule has 2 aromatic rings. The molecule has 0 saturated carbocycles. The lowest BCUT2D eigenvalue weighted by molar-refractivity contribution is 0.458. The van der Waals surface area contributed by atoms with Crippen molar-refractivity contribution in [1.82, 2.24) is 5.32 Å². The van der Waals surface area contributed by atoms with Crippen LogP contribution in [0.25, 0.3) is 11.1 Å². The van der Waals surface area contributed by atoms with E-state index in [0.717, 1.165) is 31.5 Å². The Morgan fingerprint density at radius 3 is 2.43 bits per heavy atom. The number of rotatable bonds is 2. The molecule has 1 aliphatic heterocycles. The molecule has 0 spiro atoms. The first-order chi connectivity index (χ1) is 10.1. The SMILES string of the molecule is Fc1cc(-c2ccc(F)cc2Cl)cc(C2CCNCC2)c1. The van der Waals surface area contributed by atoms with Gasteiger partial charge >= 0.3 is 0 Å². The molecular weight excluding hydrogens is 292 g/mol. The standard InChI is InChI=1S/C17H16ClF2N/c18-17-10-14(19)1-2-16(17)13-7-12(8-15(20)9-13)11-3-5-21-6-4-11/h1-2,7-11,21H,3-6H2. The lowest BCUT2D eigenvalue weighted by atomic mass is 9.88. The van der Waals surface area contributed by atoms with Crippen molar-refractivity contribution in [2.75, 3.05) is 13.1 Å². The van der Waals surface area contributed by atoms with Gasteiger partial charge in [0.15, 0.2) is 0 Å². The molecule has 0 radical (unpaired) electrons. The van der Waals surface area contributed by atoms with E-state index >= 15 is 0 Å². The zero-order chi connectivity index (χ0) is 14.8. The second kappa shape index (κ2) is 6.12. The van der Waals surface area contributed by atoms with E-state index in [2.05, 4.69) is 5.32 Å². The summed E-state index contributed by atoms with van der Waals surface area (Å²) in [7, 11) is 0. The fourth-order valence-electron chi connectivity index (χ4n) is 2.88. The first-order valence-corrected chi connectivity index (χ1v) is 7.48. The van der Waals surface area contributed by atoms with Gasteiger partial charge in [0.2, 0.25) is 0 Å². The third-order valence-electron chi connectivity index (χ3n) is 3.97. The lowest BCUT2D eigenvalue weighted by Crippen LogP contribution is -2.26. The van der Waals surface area contributed by atoms with Gasteiger partial charge in [-0.15, -0.1) is 0 Å². The summed E-state index contributed by atoms with van der Waals surface area (Å²) >= 11 is 6.08. The maximum absolute atomic E-state index is 13.9. The smallest absolute Gasteiger partial charge is 0.124 e. The molecule has 110 valence electrons. The Morgan fingerprint density at radius 2 is 1.71 bits per heavy atom. The van der Waals surface area contributed by atoms with E-state index < -0.39 is 5.82 Å². The highest BCUT2D eigenvalue weighted by Gasteiger charge is 2.17. The van der Waals surface area contributed by atoms with Crippen LogP contribution in [0.1, 0.15) is 24.3 Å². The minimum Gasteiger partial charge on any atom is -0.317 e. The van der Waals surface area contributed by atoms with E-state index in [1.165, 1.54) is 18.2 Å². The van der Waals surface area contributed by atoms with Gasteiger partial charge in [-0.05, 0) is 73.3 Å². The van der Waals surface area contributed by atoms with Gasteiger partial charge in [-0.1, -0.05) is 17.7 Å². The van der Waals surface area contributed by atoms with E-state index in [4.69, 9.17) is 11.6 Å². The quantitative estimate of drug-likeness (QED) is 0.844. The Bertz CT molecular complexity index is 651. The van der Waals surface area contributed by atoms with Crippen molar-refractivity contribution >= 4 is 11.6 Å². The van der Waals surface area contributed by atoms with Crippen molar-refractivity contribution in [1.29, 1.82) is 0 Å². The van der Waals surface area contributed by atoms with Crippen LogP contribution in [0.15, 0.2) is 36.4 Å². The van der Waals surface area contributed by atoms with E-state index in [0.29, 0.717) is 22.1 Å². The predicted molar refractivity (Wildman–Crippen MR) is 81.6 cm³/mol. The van der Waals surface area contributed by atoms with Crippen LogP contribution in [-0.2, 0) is 0 Å². The maximum Gasteiger partial charge on any atom is 0.124 e. The molecule has 2 aromatic carbocycles. The van der Waals surface area contributed by atoms with Crippen molar-refractivity contribution in [2.45, 2.75) is 18.8 Å². The zero-order valence-electron chi connectivity index (χ0n) is 11.5. The average Bonchev–Trinajstić information content (AvgIpc) is 2.47. The summed E-state index contributed by atoms with van der Waals surface area (Å²) in [5.74, 6) is -0.305. The third kappa shape index (κ3) is 3.25. The van der Waals surface area contributed by atoms with E-state index in [-0.39, 0.29) is 5.82 Å². The van der Waals surface area contributed by atoms with Gasteiger partial charge in [0, 0.05) is 5.56 Å². The van der Waals surface area contributed by atoms with Crippen LogP contribution in [-0.4, -0.2) is 13.1 Å². The Balaban J connectivity index is 2.00. The van der Waals surface area contributed by atoms with Crippen molar-refractivity contribution in [2.24, 2.45) is 0 Å². The molecule has 1 heterocycles. The summed E-state index contributed by atoms with van der Waals surface area (Å²) in [5.41, 5.74) is 2.35. The second-order valence-corrected chi connectivity index (χ2v) is 5.83. The van der Waals surface area contributed by atoms with Crippen LogP contribution in [0.3, 0.4) is 0 Å². The van der Waals surface area contributed by atoms with Gasteiger partial charge < -0.3 is 5.32 Å². The molecule has 1 fully saturated rings. The molecule has 0 atom stereocenters. The molecule has 3 rings (SSSR count). The molecule has 0 bridgehead atoms. The zero-order valence-corrected chi connectivity index (χ0v) is 12.3. The van der Waals surface area contributed by atoms with Crippen molar-refractivity contribution in [3.63, 3.8) is 0 Å². The Labute approximate surface area is 127 Å². The topological polar surface area (TPSA) is 12.0 Å². The van der Waals surface area contributed by atoms with Crippen LogP contribution in [0.2, 0.25) is 5.02 Å². The van der Waals surface area contributed by atoms with Gasteiger partial charge in [0.25, 0.3) is 0 Å². The molecule has 1 saturated heterocycles. The molecule has 0 unspecified atom stereocenters. The second-order valence-electron chi connectivity index (χ2n) is 5.42. The summed E-state index contributed by atoms with van der Waals surface area (Å²) in [6.45, 7) is 1.90. The Morgan fingerprint density at radius 1 is 0.952 bits per heavy atom. The summed E-state index contributed by atoms with van der Waals surface area (Å²) in [4.78, 5) is 0. The number of halogens is 3. The molecular formula is C17H16ClF2N. The first-order valence-electron chi connectivity index (χ1n) is 7.10. The van der Waals surface area contributed by atoms with Crippen molar-refractivity contribution in [3.8, 4) is 11.1 Å². The van der Waals surface area contributed by atoms with Crippen LogP contribution in [0, 0.1) is 11.6 Å². The molecule has 0 aromatic heterocycles. The van der Waals surface area contributed by atoms with E-state index in [9.17, 15) is 8.78 Å². The molecule has 0 amide bonds. The first kappa shape index (κ1) is 14.5. The minimum atomic E-state index is -0.390. The minimum absolute atomic E-state index is 0.276. The normalized spacial score (nSPS) is 16.1. The number of hydrogen-bond acceptors (Lipinski definition) is 1. The number of piperidine rings is 1. The highest BCUT2D eigenvalue weighted by molar-refractivity contribution is 6.33. The molecule has 1 aliphatic rings. The fraction of sp³-hybridized carbons (Fsp3) is 0.294. The van der Waals surface area contributed by atoms with E-state index in [1.54, 1.807) is 12.1 Å². The lowest BCUT2D eigenvalue weighted by Gasteiger charge is -2.23. The highest BCUT2D eigenvalue weighted by atomic mass is 35.5. The maximum atomic E-state index is 13.9. The van der Waals surface area contributed by atoms with Gasteiger partial charge in [-0.25, -0.2) is 8.78 Å². The monoisotopic (exact) mass is 307 g/mol. The number of benzene rings is 2. The summed E-state index contributed by atoms with van der Waals surface area (Å²) in [6.07, 6.45) is 2.00. The molecule has 21 heavy (non-hydrogen) atoms. The van der Waals surface area contributed by atoms with Gasteiger partial charge in [0.05, 0.1) is 5.02 Å². The Kier molecular flexibility index (Phi) is 4.22. The van der Waals surface area contributed by atoms with Gasteiger partial charge in [-0.3, -0.25) is 0 Å². The van der Waals surface area contributed by atoms with Crippen molar-refractivity contribution in [3.05, 3.63) is 58.6 Å². The van der Waals surface area contributed by atoms with E-state index in [1.807, 2.05) is 6.07 Å². The fourth-order valence-corrected chi connectivity index (χ4v) is 3.16. The van der Waals surface area contributed by atoms with Crippen LogP contribution >= 0.6 is 11.6 Å². The molecule has 4 heteroatoms. The number of nitrogens with one attached hydrogen (secondary N) is 1. The highest BCUT2D eigenvalue weighted by Crippen LogP contribution is 2.33. The van der Waals surface area contributed by atoms with Crippen molar-refractivity contribution < 1.29 is 8.78 Å². The van der Waals surface area contributed by atoms with Crippen LogP contribution < -0.4 is 5.32 Å². The average molecular weight is 308 g/mol. The molecule has 1 nitrogen and oxygen atoms in total. The van der Waals surface area contributed by atoms with Gasteiger partial charge in [-0.2, -0.15) is 0 Å². The summed E-state index contributed by atoms with van der Waals surface area (Å²) in [5, 5.41) is 3.61. The summed E-state index contributed by atoms with van der Waals surface area (Å²) in [6, 6.07) is 9.21. The number of hydrogen-bond donors (Lipinski definition) is 1. The van der Waals surface area contributed by atoms with Crippen LogP contribution in [0.5, 0.6) is 0 Å². The van der Waals surface area contributed by atoms with Gasteiger partial charge in [0.1, 0.15) is 11.6 Å². The Hall–Kier alpha value is -1.45. The van der Waals surface area contributed by atoms with Crippen LogP contribution in [0.4, 0.5) is 8.78 Å². The largest absolute Gasteiger partial charge is 0.317 e. The molecule has 1 N–H and O–H groups in total. The summed E-state index contributed by atoms with van der Waals surface area (Å²) < 4.78 is 27.1. The molecule has 0 aliphatic carbocycles. The predicted octanol–water partition coefficient (Wildman–Crippen LogP) is 4.75.